The highest BCUT2D eigenvalue weighted by atomic mass is 32.2. The Morgan fingerprint density at radius 2 is 1.69 bits per heavy atom. The first-order chi connectivity index (χ1) is 13.2. The predicted molar refractivity (Wildman–Crippen MR) is 86.7 cm³/mol. The number of alkyl halides is 6. The minimum atomic E-state index is -5.23. The van der Waals surface area contributed by atoms with Crippen LogP contribution in [0.5, 0.6) is 0 Å². The number of benzene rings is 1. The number of carbonyl (C=O) groups is 1. The molecular formula is C16H13F6N3O3S. The summed E-state index contributed by atoms with van der Waals surface area (Å²) < 4.78 is 103. The molecule has 2 aromatic rings. The van der Waals surface area contributed by atoms with Crippen molar-refractivity contribution in [1.29, 1.82) is 0 Å². The fourth-order valence-corrected chi connectivity index (χ4v) is 3.86. The highest BCUT2D eigenvalue weighted by Crippen LogP contribution is 2.43. The molecule has 6 nitrogen and oxygen atoms in total. The van der Waals surface area contributed by atoms with Crippen LogP contribution < -0.4 is 5.14 Å². The van der Waals surface area contributed by atoms with Crippen molar-refractivity contribution in [2.75, 3.05) is 0 Å². The molecule has 3 rings (SSSR count). The number of hydrogen-bond donors (Lipinski definition) is 1. The number of Topliss-reactive ketones (excluding diaryl/α,β-unsaturated/α-hetero) is 1. The lowest BCUT2D eigenvalue weighted by atomic mass is 9.83. The lowest BCUT2D eigenvalue weighted by Crippen LogP contribution is -2.32. The molecule has 1 atom stereocenters. The number of fused-ring (bicyclic) bond motifs is 1. The summed E-state index contributed by atoms with van der Waals surface area (Å²) in [7, 11) is -4.09. The van der Waals surface area contributed by atoms with E-state index in [4.69, 9.17) is 5.14 Å². The largest absolute Gasteiger partial charge is 0.450 e. The van der Waals surface area contributed by atoms with Crippen molar-refractivity contribution in [1.82, 2.24) is 9.78 Å². The molecule has 0 bridgehead atoms. The molecule has 0 radical (unpaired) electrons. The van der Waals surface area contributed by atoms with Crippen LogP contribution in [0.1, 0.15) is 35.7 Å². The van der Waals surface area contributed by atoms with Gasteiger partial charge in [-0.05, 0) is 43.5 Å². The summed E-state index contributed by atoms with van der Waals surface area (Å²) in [4.78, 5) is 11.5. The van der Waals surface area contributed by atoms with Crippen molar-refractivity contribution < 1.29 is 39.6 Å². The third kappa shape index (κ3) is 4.01. The maximum atomic E-state index is 13.4. The van der Waals surface area contributed by atoms with E-state index in [9.17, 15) is 39.6 Å². The van der Waals surface area contributed by atoms with Crippen LogP contribution in [0.2, 0.25) is 0 Å². The van der Waals surface area contributed by atoms with Crippen LogP contribution in [0.3, 0.4) is 0 Å². The summed E-state index contributed by atoms with van der Waals surface area (Å²) in [5, 5.41) is 8.39. The fourth-order valence-electron chi connectivity index (χ4n) is 3.34. The number of nitrogens with zero attached hydrogens (tertiary/aromatic N) is 2. The zero-order valence-corrected chi connectivity index (χ0v) is 15.2. The maximum Gasteiger partial charge on any atom is 0.450 e. The van der Waals surface area contributed by atoms with Crippen LogP contribution in [0, 0.1) is 0 Å². The Labute approximate surface area is 160 Å². The van der Waals surface area contributed by atoms with Crippen molar-refractivity contribution in [3.05, 3.63) is 41.2 Å². The number of primary sulfonamides is 1. The van der Waals surface area contributed by atoms with Gasteiger partial charge >= 0.3 is 12.4 Å². The second-order valence-electron chi connectivity index (χ2n) is 6.47. The molecule has 0 saturated carbocycles. The second-order valence-corrected chi connectivity index (χ2v) is 8.03. The molecule has 158 valence electrons. The number of sulfonamides is 1. The van der Waals surface area contributed by atoms with E-state index in [0.717, 1.165) is 24.3 Å². The lowest BCUT2D eigenvalue weighted by Gasteiger charge is -2.24. The van der Waals surface area contributed by atoms with Gasteiger partial charge in [0.2, 0.25) is 15.8 Å². The van der Waals surface area contributed by atoms with Crippen molar-refractivity contribution >= 4 is 15.8 Å². The SMILES string of the molecule is NS(=O)(=O)c1ccc(-n2nc(C(F)(F)F)c3c2C(C(=O)C(F)(F)F)CCC3)cc1. The first-order valence-corrected chi connectivity index (χ1v) is 9.69. The zero-order chi connectivity index (χ0) is 21.8. The van der Waals surface area contributed by atoms with Gasteiger partial charge in [0.05, 0.1) is 22.2 Å². The normalized spacial score (nSPS) is 17.8. The molecule has 0 spiro atoms. The molecule has 13 heteroatoms. The van der Waals surface area contributed by atoms with Gasteiger partial charge in [0.25, 0.3) is 0 Å². The monoisotopic (exact) mass is 441 g/mol. The molecular weight excluding hydrogens is 428 g/mol. The third-order valence-electron chi connectivity index (χ3n) is 4.55. The van der Waals surface area contributed by atoms with Gasteiger partial charge < -0.3 is 0 Å². The highest BCUT2D eigenvalue weighted by Gasteiger charge is 2.49. The van der Waals surface area contributed by atoms with Crippen molar-refractivity contribution in [3.8, 4) is 5.69 Å². The number of halogens is 6. The van der Waals surface area contributed by atoms with E-state index in [0.29, 0.717) is 4.68 Å². The quantitative estimate of drug-likeness (QED) is 0.741. The second kappa shape index (κ2) is 6.83. The van der Waals surface area contributed by atoms with Crippen molar-refractivity contribution in [2.45, 2.75) is 42.4 Å². The molecule has 0 amide bonds. The van der Waals surface area contributed by atoms with Gasteiger partial charge in [-0.2, -0.15) is 31.4 Å². The summed E-state index contributed by atoms with van der Waals surface area (Å²) in [6.07, 6.45) is -10.7. The number of hydrogen-bond acceptors (Lipinski definition) is 4. The Balaban J connectivity index is 2.23. The number of aromatic nitrogens is 2. The standard InChI is InChI=1S/C16H13F6N3O3S/c17-15(18,19)13-10-2-1-3-11(14(26)16(20,21)22)12(10)25(24-13)8-4-6-9(7-5-8)29(23,27)28/h4-7,11H,1-3H2,(H2,23,27,28). The molecule has 1 unspecified atom stereocenters. The van der Waals surface area contributed by atoms with Gasteiger partial charge in [0.1, 0.15) is 0 Å². The van der Waals surface area contributed by atoms with E-state index in [2.05, 4.69) is 5.10 Å². The maximum absolute atomic E-state index is 13.4. The minimum Gasteiger partial charge on any atom is -0.289 e. The molecule has 1 aromatic heterocycles. The summed E-state index contributed by atoms with van der Waals surface area (Å²) >= 11 is 0. The van der Waals surface area contributed by atoms with E-state index in [1.54, 1.807) is 0 Å². The first-order valence-electron chi connectivity index (χ1n) is 8.14. The summed E-state index contributed by atoms with van der Waals surface area (Å²) in [5.41, 5.74) is -2.47. The average Bonchev–Trinajstić information content (AvgIpc) is 2.99. The lowest BCUT2D eigenvalue weighted by molar-refractivity contribution is -0.173. The van der Waals surface area contributed by atoms with Crippen molar-refractivity contribution in [2.24, 2.45) is 5.14 Å². The molecule has 0 fully saturated rings. The average molecular weight is 441 g/mol. The Morgan fingerprint density at radius 1 is 1.10 bits per heavy atom. The topological polar surface area (TPSA) is 95.1 Å². The Kier molecular flexibility index (Phi) is 5.02. The first kappa shape index (κ1) is 21.3. The Morgan fingerprint density at radius 3 is 2.17 bits per heavy atom. The van der Waals surface area contributed by atoms with Gasteiger partial charge in [-0.25, -0.2) is 18.2 Å². The van der Waals surface area contributed by atoms with E-state index >= 15 is 0 Å². The summed E-state index contributed by atoms with van der Waals surface area (Å²) in [6.45, 7) is 0. The van der Waals surface area contributed by atoms with Crippen LogP contribution in [-0.4, -0.2) is 30.2 Å². The summed E-state index contributed by atoms with van der Waals surface area (Å²) in [6, 6.07) is 4.07. The van der Waals surface area contributed by atoms with Gasteiger partial charge in [-0.15, -0.1) is 0 Å². The van der Waals surface area contributed by atoms with Gasteiger partial charge in [-0.3, -0.25) is 4.79 Å². The fraction of sp³-hybridized carbons (Fsp3) is 0.375. The van der Waals surface area contributed by atoms with Crippen LogP contribution in [-0.2, 0) is 27.4 Å². The minimum absolute atomic E-state index is 0.0430. The molecule has 29 heavy (non-hydrogen) atoms. The van der Waals surface area contributed by atoms with E-state index in [1.807, 2.05) is 0 Å². The highest BCUT2D eigenvalue weighted by molar-refractivity contribution is 7.89. The van der Waals surface area contributed by atoms with Crippen LogP contribution in [0.4, 0.5) is 26.3 Å². The predicted octanol–water partition coefficient (Wildman–Crippen LogP) is 3.09. The molecule has 0 aliphatic heterocycles. The van der Waals surface area contributed by atoms with Crippen molar-refractivity contribution in [3.63, 3.8) is 0 Å². The molecule has 1 aromatic carbocycles. The number of nitrogens with two attached hydrogens (primary N) is 1. The van der Waals surface area contributed by atoms with Crippen LogP contribution >= 0.6 is 0 Å². The molecule has 2 N–H and O–H groups in total. The van der Waals surface area contributed by atoms with Crippen LogP contribution in [0.15, 0.2) is 29.2 Å². The molecule has 0 saturated heterocycles. The number of rotatable bonds is 3. The Hall–Kier alpha value is -2.41. The van der Waals surface area contributed by atoms with Gasteiger partial charge in [0.15, 0.2) is 5.69 Å². The smallest absolute Gasteiger partial charge is 0.289 e. The van der Waals surface area contributed by atoms with Gasteiger partial charge in [-0.1, -0.05) is 0 Å². The van der Waals surface area contributed by atoms with E-state index in [1.165, 1.54) is 0 Å². The molecule has 1 aliphatic rings. The zero-order valence-electron chi connectivity index (χ0n) is 14.4. The van der Waals surface area contributed by atoms with Crippen LogP contribution in [0.25, 0.3) is 5.69 Å². The van der Waals surface area contributed by atoms with Gasteiger partial charge in [0, 0.05) is 5.56 Å². The van der Waals surface area contributed by atoms with E-state index < -0.39 is 51.0 Å². The Bertz CT molecular complexity index is 1060. The third-order valence-corrected chi connectivity index (χ3v) is 5.48. The molecule has 1 heterocycles. The summed E-state index contributed by atoms with van der Waals surface area (Å²) in [5.74, 6) is -4.00. The number of carbonyl (C=O) groups excluding carboxylic acids is 1. The van der Waals surface area contributed by atoms with E-state index in [-0.39, 0.29) is 29.8 Å². The number of ketones is 1. The molecule has 1 aliphatic carbocycles.